The molecule has 5 heteroatoms. The summed E-state index contributed by atoms with van der Waals surface area (Å²) in [6.45, 7) is 4.14. The van der Waals surface area contributed by atoms with Crippen molar-refractivity contribution in [3.8, 4) is 17.0 Å². The lowest BCUT2D eigenvalue weighted by Crippen LogP contribution is -2.23. The minimum absolute atomic E-state index is 0.853. The Balaban J connectivity index is 1.63. The Morgan fingerprint density at radius 1 is 0.931 bits per heavy atom. The van der Waals surface area contributed by atoms with Crippen molar-refractivity contribution in [3.05, 3.63) is 54.6 Å². The summed E-state index contributed by atoms with van der Waals surface area (Å²) in [6.07, 6.45) is 2.26. The van der Waals surface area contributed by atoms with Gasteiger partial charge in [-0.05, 0) is 83.0 Å². The van der Waals surface area contributed by atoms with Crippen molar-refractivity contribution in [3.63, 3.8) is 0 Å². The third kappa shape index (κ3) is 6.17. The molecule has 2 aromatic carbocycles. The first-order chi connectivity index (χ1) is 14.2. The van der Waals surface area contributed by atoms with E-state index in [1.54, 1.807) is 7.11 Å². The molecule has 29 heavy (non-hydrogen) atoms. The Hall–Kier alpha value is -2.63. The Bertz CT molecular complexity index is 893. The van der Waals surface area contributed by atoms with E-state index < -0.39 is 0 Å². The minimum Gasteiger partial charge on any atom is -0.497 e. The molecule has 5 nitrogen and oxygen atoms in total. The van der Waals surface area contributed by atoms with Crippen LogP contribution in [-0.2, 0) is 0 Å². The number of methoxy groups -OCH3 is 1. The molecule has 0 unspecified atom stereocenters. The number of pyridine rings is 1. The third-order valence-corrected chi connectivity index (χ3v) is 4.91. The molecule has 0 saturated carbocycles. The van der Waals surface area contributed by atoms with E-state index in [0.29, 0.717) is 0 Å². The average Bonchev–Trinajstić information content (AvgIpc) is 2.75. The number of ether oxygens (including phenoxy) is 1. The van der Waals surface area contributed by atoms with Gasteiger partial charge in [-0.2, -0.15) is 0 Å². The predicted molar refractivity (Wildman–Crippen MR) is 123 cm³/mol. The van der Waals surface area contributed by atoms with E-state index in [2.05, 4.69) is 66.0 Å². The maximum atomic E-state index is 5.27. The molecule has 2 N–H and O–H groups in total. The zero-order valence-electron chi connectivity index (χ0n) is 17.7. The van der Waals surface area contributed by atoms with Crippen molar-refractivity contribution in [1.29, 1.82) is 0 Å². The van der Waals surface area contributed by atoms with Gasteiger partial charge >= 0.3 is 0 Å². The van der Waals surface area contributed by atoms with E-state index in [0.717, 1.165) is 66.2 Å². The van der Waals surface area contributed by atoms with Gasteiger partial charge in [-0.3, -0.25) is 0 Å². The number of benzene rings is 2. The van der Waals surface area contributed by atoms with Crippen molar-refractivity contribution >= 4 is 16.6 Å². The highest BCUT2D eigenvalue weighted by atomic mass is 16.5. The number of nitrogens with one attached hydrogen (secondary N) is 2. The van der Waals surface area contributed by atoms with Gasteiger partial charge < -0.3 is 20.3 Å². The highest BCUT2D eigenvalue weighted by molar-refractivity contribution is 5.93. The summed E-state index contributed by atoms with van der Waals surface area (Å²) in [6, 6.07) is 18.5. The number of rotatable bonds is 11. The van der Waals surface area contributed by atoms with Crippen LogP contribution in [0.5, 0.6) is 5.75 Å². The van der Waals surface area contributed by atoms with Crippen LogP contribution in [0.15, 0.2) is 54.6 Å². The number of fused-ring (bicyclic) bond motifs is 1. The molecule has 0 aliphatic heterocycles. The molecule has 0 fully saturated rings. The lowest BCUT2D eigenvalue weighted by Gasteiger charge is -2.13. The van der Waals surface area contributed by atoms with Gasteiger partial charge in [-0.25, -0.2) is 4.98 Å². The van der Waals surface area contributed by atoms with Crippen molar-refractivity contribution in [1.82, 2.24) is 15.2 Å². The van der Waals surface area contributed by atoms with Crippen LogP contribution in [0.2, 0.25) is 0 Å². The molecular weight excluding hydrogens is 360 g/mol. The van der Waals surface area contributed by atoms with Gasteiger partial charge in [0.25, 0.3) is 0 Å². The van der Waals surface area contributed by atoms with Crippen LogP contribution < -0.4 is 15.4 Å². The Morgan fingerprint density at radius 2 is 1.69 bits per heavy atom. The van der Waals surface area contributed by atoms with E-state index >= 15 is 0 Å². The molecule has 0 atom stereocenters. The van der Waals surface area contributed by atoms with Gasteiger partial charge in [0.2, 0.25) is 0 Å². The minimum atomic E-state index is 0.853. The fourth-order valence-electron chi connectivity index (χ4n) is 3.31. The van der Waals surface area contributed by atoms with Crippen molar-refractivity contribution in [2.24, 2.45) is 0 Å². The summed E-state index contributed by atoms with van der Waals surface area (Å²) in [5.41, 5.74) is 4.19. The Labute approximate surface area is 174 Å². The summed E-state index contributed by atoms with van der Waals surface area (Å²) in [5, 5.41) is 8.29. The molecule has 154 valence electrons. The van der Waals surface area contributed by atoms with Gasteiger partial charge in [0.15, 0.2) is 0 Å². The second kappa shape index (κ2) is 10.8. The maximum absolute atomic E-state index is 5.27. The van der Waals surface area contributed by atoms with Crippen LogP contribution in [0.1, 0.15) is 12.8 Å². The number of hydrogen-bond donors (Lipinski definition) is 2. The summed E-state index contributed by atoms with van der Waals surface area (Å²) in [7, 11) is 5.91. The lowest BCUT2D eigenvalue weighted by molar-refractivity contribution is 0.394. The van der Waals surface area contributed by atoms with Gasteiger partial charge in [0, 0.05) is 23.2 Å². The standard InChI is InChI=1S/C24H32N4O/c1-28(2)17-7-15-25-14-6-16-26-24-18-23(19-10-12-20(29-3)13-11-19)27-22-9-5-4-8-21(22)24/h4-5,8-13,18,25H,6-7,14-17H2,1-3H3,(H,26,27). The number of anilines is 1. The van der Waals surface area contributed by atoms with Crippen LogP contribution in [0.3, 0.4) is 0 Å². The van der Waals surface area contributed by atoms with Gasteiger partial charge in [0.1, 0.15) is 5.75 Å². The van der Waals surface area contributed by atoms with Crippen molar-refractivity contribution in [2.45, 2.75) is 12.8 Å². The molecule has 0 amide bonds. The summed E-state index contributed by atoms with van der Waals surface area (Å²) >= 11 is 0. The third-order valence-electron chi connectivity index (χ3n) is 4.91. The van der Waals surface area contributed by atoms with E-state index in [1.807, 2.05) is 18.2 Å². The molecule has 1 aromatic heterocycles. The normalized spacial score (nSPS) is 11.2. The summed E-state index contributed by atoms with van der Waals surface area (Å²) < 4.78 is 5.27. The zero-order valence-corrected chi connectivity index (χ0v) is 17.7. The molecule has 0 radical (unpaired) electrons. The van der Waals surface area contributed by atoms with Gasteiger partial charge in [-0.1, -0.05) is 18.2 Å². The zero-order chi connectivity index (χ0) is 20.5. The number of nitrogens with zero attached hydrogens (tertiary/aromatic N) is 2. The molecule has 0 spiro atoms. The smallest absolute Gasteiger partial charge is 0.118 e. The van der Waals surface area contributed by atoms with Crippen molar-refractivity contribution < 1.29 is 4.74 Å². The highest BCUT2D eigenvalue weighted by Crippen LogP contribution is 2.29. The molecule has 0 aliphatic carbocycles. The average molecular weight is 393 g/mol. The van der Waals surface area contributed by atoms with E-state index in [9.17, 15) is 0 Å². The fraction of sp³-hybridized carbons (Fsp3) is 0.375. The first-order valence-electron chi connectivity index (χ1n) is 10.3. The second-order valence-electron chi connectivity index (χ2n) is 7.49. The monoisotopic (exact) mass is 392 g/mol. The Kier molecular flexibility index (Phi) is 7.85. The molecule has 0 bridgehead atoms. The van der Waals surface area contributed by atoms with Gasteiger partial charge in [0.05, 0.1) is 18.3 Å². The van der Waals surface area contributed by atoms with Crippen LogP contribution in [0, 0.1) is 0 Å². The first-order valence-corrected chi connectivity index (χ1v) is 10.3. The Morgan fingerprint density at radius 3 is 2.45 bits per heavy atom. The van der Waals surface area contributed by atoms with Crippen LogP contribution >= 0.6 is 0 Å². The number of para-hydroxylation sites is 1. The summed E-state index contributed by atoms with van der Waals surface area (Å²) in [4.78, 5) is 7.08. The van der Waals surface area contributed by atoms with E-state index in [4.69, 9.17) is 9.72 Å². The molecule has 3 rings (SSSR count). The number of hydrogen-bond acceptors (Lipinski definition) is 5. The van der Waals surface area contributed by atoms with E-state index in [-0.39, 0.29) is 0 Å². The van der Waals surface area contributed by atoms with Crippen LogP contribution in [-0.4, -0.2) is 57.3 Å². The summed E-state index contributed by atoms with van der Waals surface area (Å²) in [5.74, 6) is 0.853. The molecule has 3 aromatic rings. The largest absolute Gasteiger partial charge is 0.497 e. The quantitative estimate of drug-likeness (QED) is 0.478. The molecule has 1 heterocycles. The maximum Gasteiger partial charge on any atom is 0.118 e. The molecule has 0 saturated heterocycles. The second-order valence-corrected chi connectivity index (χ2v) is 7.49. The first kappa shape index (κ1) is 21.1. The predicted octanol–water partition coefficient (Wildman–Crippen LogP) is 4.25. The van der Waals surface area contributed by atoms with Crippen molar-refractivity contribution in [2.75, 3.05) is 52.7 Å². The van der Waals surface area contributed by atoms with E-state index in [1.165, 1.54) is 6.42 Å². The van der Waals surface area contributed by atoms with Crippen LogP contribution in [0.25, 0.3) is 22.2 Å². The lowest BCUT2D eigenvalue weighted by atomic mass is 10.1. The number of aromatic nitrogens is 1. The SMILES string of the molecule is COc1ccc(-c2cc(NCCCNCCCN(C)C)c3ccccc3n2)cc1. The fourth-order valence-corrected chi connectivity index (χ4v) is 3.31. The van der Waals surface area contributed by atoms with Gasteiger partial charge in [-0.15, -0.1) is 0 Å². The van der Waals surface area contributed by atoms with Crippen LogP contribution in [0.4, 0.5) is 5.69 Å². The molecule has 0 aliphatic rings. The topological polar surface area (TPSA) is 49.4 Å². The highest BCUT2D eigenvalue weighted by Gasteiger charge is 2.07. The molecular formula is C24H32N4O.